The van der Waals surface area contributed by atoms with Crippen LogP contribution in [-0.2, 0) is 11.3 Å². The Kier molecular flexibility index (Phi) is 6.19. The standard InChI is InChI=1S/C27H29FN6O/c1-17-6-12-23(13-7-17)34-19(3)24-18(2)30-31-26(25(24)32-34)33-14-4-5-21(16-33)27(35)29-15-20-8-10-22(28)11-9-20/h6-13,21H,4-5,14-16H2,1-3H3,(H,29,35)/t21-/m1/s1. The van der Waals surface area contributed by atoms with E-state index < -0.39 is 0 Å². The van der Waals surface area contributed by atoms with Gasteiger partial charge in [0.2, 0.25) is 5.91 Å². The Morgan fingerprint density at radius 1 is 1.06 bits per heavy atom. The van der Waals surface area contributed by atoms with Crippen molar-refractivity contribution in [1.29, 1.82) is 0 Å². The van der Waals surface area contributed by atoms with E-state index in [9.17, 15) is 9.18 Å². The maximum absolute atomic E-state index is 13.1. The van der Waals surface area contributed by atoms with Gasteiger partial charge in [-0.3, -0.25) is 4.79 Å². The minimum Gasteiger partial charge on any atom is -0.352 e. The van der Waals surface area contributed by atoms with E-state index in [2.05, 4.69) is 58.5 Å². The molecule has 5 rings (SSSR count). The number of piperidine rings is 1. The summed E-state index contributed by atoms with van der Waals surface area (Å²) in [6.45, 7) is 7.80. The van der Waals surface area contributed by atoms with Crippen molar-refractivity contribution in [2.45, 2.75) is 40.2 Å². The molecule has 2 aromatic carbocycles. The zero-order chi connectivity index (χ0) is 24.5. The zero-order valence-corrected chi connectivity index (χ0v) is 20.3. The lowest BCUT2D eigenvalue weighted by atomic mass is 9.97. The van der Waals surface area contributed by atoms with Crippen LogP contribution in [0.3, 0.4) is 0 Å². The van der Waals surface area contributed by atoms with Crippen LogP contribution in [0.2, 0.25) is 0 Å². The lowest BCUT2D eigenvalue weighted by Crippen LogP contribution is -2.43. The Balaban J connectivity index is 1.39. The highest BCUT2D eigenvalue weighted by Crippen LogP contribution is 2.31. The lowest BCUT2D eigenvalue weighted by Gasteiger charge is -2.32. The fourth-order valence-corrected chi connectivity index (χ4v) is 4.78. The van der Waals surface area contributed by atoms with Crippen LogP contribution in [0.1, 0.15) is 35.4 Å². The van der Waals surface area contributed by atoms with E-state index in [-0.39, 0.29) is 17.6 Å². The van der Waals surface area contributed by atoms with Gasteiger partial charge in [-0.15, -0.1) is 5.10 Å². The van der Waals surface area contributed by atoms with Crippen molar-refractivity contribution in [3.8, 4) is 5.69 Å². The molecule has 4 aromatic rings. The summed E-state index contributed by atoms with van der Waals surface area (Å²) in [4.78, 5) is 15.1. The van der Waals surface area contributed by atoms with Crippen LogP contribution in [0, 0.1) is 32.5 Å². The number of nitrogens with one attached hydrogen (secondary N) is 1. The normalized spacial score (nSPS) is 16.0. The topological polar surface area (TPSA) is 75.9 Å². The van der Waals surface area contributed by atoms with E-state index in [0.717, 1.165) is 58.7 Å². The molecule has 0 saturated carbocycles. The van der Waals surface area contributed by atoms with E-state index in [0.29, 0.717) is 13.1 Å². The third-order valence-corrected chi connectivity index (χ3v) is 6.73. The number of benzene rings is 2. The SMILES string of the molecule is Cc1ccc(-n2nc3c(N4CCC[C@@H](C(=O)NCc5ccc(F)cc5)C4)nnc(C)c3c2C)cc1. The summed E-state index contributed by atoms with van der Waals surface area (Å²) in [6.07, 6.45) is 1.69. The molecule has 1 amide bonds. The van der Waals surface area contributed by atoms with Gasteiger partial charge >= 0.3 is 0 Å². The van der Waals surface area contributed by atoms with Gasteiger partial charge in [0, 0.05) is 19.6 Å². The van der Waals surface area contributed by atoms with Gasteiger partial charge in [-0.2, -0.15) is 10.2 Å². The Labute approximate surface area is 204 Å². The summed E-state index contributed by atoms with van der Waals surface area (Å²) < 4.78 is 15.1. The molecule has 2 aromatic heterocycles. The maximum atomic E-state index is 13.1. The molecule has 1 aliphatic rings. The monoisotopic (exact) mass is 472 g/mol. The Morgan fingerprint density at radius 2 is 1.80 bits per heavy atom. The smallest absolute Gasteiger partial charge is 0.225 e. The van der Waals surface area contributed by atoms with Crippen LogP contribution in [0.4, 0.5) is 10.2 Å². The van der Waals surface area contributed by atoms with Crippen molar-refractivity contribution in [2.75, 3.05) is 18.0 Å². The van der Waals surface area contributed by atoms with Crippen LogP contribution in [0.25, 0.3) is 16.6 Å². The molecule has 1 fully saturated rings. The number of hydrogen-bond acceptors (Lipinski definition) is 5. The molecule has 0 aliphatic carbocycles. The Bertz CT molecular complexity index is 1360. The number of carbonyl (C=O) groups excluding carboxylic acids is 1. The molecule has 0 unspecified atom stereocenters. The summed E-state index contributed by atoms with van der Waals surface area (Å²) in [5.41, 5.74) is 5.72. The first kappa shape index (κ1) is 23.0. The zero-order valence-electron chi connectivity index (χ0n) is 20.3. The molecular formula is C27H29FN6O. The first-order chi connectivity index (χ1) is 16.9. The van der Waals surface area contributed by atoms with Gasteiger partial charge in [-0.25, -0.2) is 9.07 Å². The molecule has 8 heteroatoms. The van der Waals surface area contributed by atoms with Crippen LogP contribution in [-0.4, -0.2) is 39.0 Å². The van der Waals surface area contributed by atoms with E-state index in [1.165, 1.54) is 17.7 Å². The molecule has 180 valence electrons. The molecule has 1 atom stereocenters. The van der Waals surface area contributed by atoms with Gasteiger partial charge in [-0.1, -0.05) is 29.8 Å². The average Bonchev–Trinajstić information content (AvgIpc) is 3.22. The predicted molar refractivity (Wildman–Crippen MR) is 134 cm³/mol. The Morgan fingerprint density at radius 3 is 2.54 bits per heavy atom. The molecule has 35 heavy (non-hydrogen) atoms. The second kappa shape index (κ2) is 9.44. The number of amides is 1. The van der Waals surface area contributed by atoms with Gasteiger partial charge in [0.1, 0.15) is 11.3 Å². The number of fused-ring (bicyclic) bond motifs is 1. The van der Waals surface area contributed by atoms with Crippen molar-refractivity contribution in [3.63, 3.8) is 0 Å². The molecule has 0 bridgehead atoms. The molecule has 0 radical (unpaired) electrons. The highest BCUT2D eigenvalue weighted by Gasteiger charge is 2.29. The van der Waals surface area contributed by atoms with E-state index in [1.54, 1.807) is 12.1 Å². The van der Waals surface area contributed by atoms with Crippen LogP contribution >= 0.6 is 0 Å². The van der Waals surface area contributed by atoms with Crippen molar-refractivity contribution >= 4 is 22.6 Å². The number of aromatic nitrogens is 4. The molecule has 1 saturated heterocycles. The molecule has 1 aliphatic heterocycles. The number of halogens is 1. The van der Waals surface area contributed by atoms with Crippen molar-refractivity contribution < 1.29 is 9.18 Å². The summed E-state index contributed by atoms with van der Waals surface area (Å²) in [6, 6.07) is 14.5. The van der Waals surface area contributed by atoms with Gasteiger partial charge < -0.3 is 10.2 Å². The predicted octanol–water partition coefficient (Wildman–Crippen LogP) is 4.41. The summed E-state index contributed by atoms with van der Waals surface area (Å²) in [5, 5.41) is 17.9. The lowest BCUT2D eigenvalue weighted by molar-refractivity contribution is -0.125. The van der Waals surface area contributed by atoms with E-state index in [4.69, 9.17) is 5.10 Å². The number of rotatable bonds is 5. The number of aryl methyl sites for hydroxylation is 3. The van der Waals surface area contributed by atoms with Crippen molar-refractivity contribution in [1.82, 2.24) is 25.3 Å². The minimum atomic E-state index is -0.284. The molecule has 0 spiro atoms. The van der Waals surface area contributed by atoms with Gasteiger partial charge in [0.15, 0.2) is 5.82 Å². The van der Waals surface area contributed by atoms with Gasteiger partial charge in [0.05, 0.1) is 28.4 Å². The average molecular weight is 473 g/mol. The third-order valence-electron chi connectivity index (χ3n) is 6.73. The fourth-order valence-electron chi connectivity index (χ4n) is 4.78. The summed E-state index contributed by atoms with van der Waals surface area (Å²) in [5.74, 6) is 0.267. The van der Waals surface area contributed by atoms with Gasteiger partial charge in [0.25, 0.3) is 0 Å². The second-order valence-corrected chi connectivity index (χ2v) is 9.29. The first-order valence-corrected chi connectivity index (χ1v) is 12.0. The van der Waals surface area contributed by atoms with E-state index >= 15 is 0 Å². The second-order valence-electron chi connectivity index (χ2n) is 9.29. The van der Waals surface area contributed by atoms with Crippen molar-refractivity contribution in [3.05, 3.63) is 76.9 Å². The molecule has 1 N–H and O–H groups in total. The third kappa shape index (κ3) is 4.60. The van der Waals surface area contributed by atoms with Crippen LogP contribution in [0.15, 0.2) is 48.5 Å². The van der Waals surface area contributed by atoms with Gasteiger partial charge in [-0.05, 0) is 63.4 Å². The molecule has 7 nitrogen and oxygen atoms in total. The van der Waals surface area contributed by atoms with Crippen LogP contribution < -0.4 is 10.2 Å². The van der Waals surface area contributed by atoms with E-state index in [1.807, 2.05) is 11.6 Å². The largest absolute Gasteiger partial charge is 0.352 e. The fraction of sp³-hybridized carbons (Fsp3) is 0.333. The Hall–Kier alpha value is -3.81. The number of anilines is 1. The molecule has 3 heterocycles. The first-order valence-electron chi connectivity index (χ1n) is 12.0. The highest BCUT2D eigenvalue weighted by molar-refractivity contribution is 5.92. The maximum Gasteiger partial charge on any atom is 0.225 e. The van der Waals surface area contributed by atoms with Crippen molar-refractivity contribution in [2.24, 2.45) is 5.92 Å². The minimum absolute atomic E-state index is 0.00305. The number of hydrogen-bond donors (Lipinski definition) is 1. The molecular weight excluding hydrogens is 443 g/mol. The highest BCUT2D eigenvalue weighted by atomic mass is 19.1. The quantitative estimate of drug-likeness (QED) is 0.466. The summed E-state index contributed by atoms with van der Waals surface area (Å²) in [7, 11) is 0. The number of carbonyl (C=O) groups is 1. The van der Waals surface area contributed by atoms with Crippen LogP contribution in [0.5, 0.6) is 0 Å². The number of nitrogens with zero attached hydrogens (tertiary/aromatic N) is 5. The summed E-state index contributed by atoms with van der Waals surface area (Å²) >= 11 is 0.